The highest BCUT2D eigenvalue weighted by Crippen LogP contribution is 2.05. The molecule has 0 aliphatic heterocycles. The highest BCUT2D eigenvalue weighted by atomic mass is 31.1. The molecule has 2 unspecified atom stereocenters. The number of benzene rings is 2. The zero-order chi connectivity index (χ0) is 13.4. The molecule has 6 nitrogen and oxygen atoms in total. The van der Waals surface area contributed by atoms with Gasteiger partial charge in [0.1, 0.15) is 0 Å². The SMILES string of the molecule is O=[P+]([O-])c1ccccc1.O=[P+]([O-])c1ccccc1.[NH4+].[NH4+]. The van der Waals surface area contributed by atoms with Gasteiger partial charge in [-0.25, -0.2) is 0 Å². The molecular weight excluding hydrogens is 298 g/mol. The van der Waals surface area contributed by atoms with Crippen LogP contribution >= 0.6 is 16.1 Å². The van der Waals surface area contributed by atoms with Crippen LogP contribution in [0.15, 0.2) is 60.7 Å². The second-order valence-corrected chi connectivity index (χ2v) is 5.25. The van der Waals surface area contributed by atoms with Gasteiger partial charge >= 0.3 is 16.1 Å². The summed E-state index contributed by atoms with van der Waals surface area (Å²) in [5.74, 6) is 0. The lowest BCUT2D eigenvalue weighted by molar-refractivity contribution is -0.161. The average Bonchev–Trinajstić information content (AvgIpc) is 2.41. The predicted molar refractivity (Wildman–Crippen MR) is 79.3 cm³/mol. The molecule has 0 fully saturated rings. The zero-order valence-electron chi connectivity index (χ0n) is 11.3. The molecule has 2 aromatic carbocycles. The van der Waals surface area contributed by atoms with E-state index in [2.05, 4.69) is 0 Å². The molecule has 0 amide bonds. The Bertz CT molecular complexity index is 474. The Morgan fingerprint density at radius 3 is 1.00 bits per heavy atom. The number of hydrogen-bond acceptors (Lipinski definition) is 4. The first kappa shape index (κ1) is 20.8. The second-order valence-electron chi connectivity index (χ2n) is 3.19. The molecule has 0 saturated carbocycles. The van der Waals surface area contributed by atoms with Gasteiger partial charge in [0.2, 0.25) is 0 Å². The molecule has 0 heterocycles. The van der Waals surface area contributed by atoms with Crippen molar-refractivity contribution in [3.63, 3.8) is 0 Å². The third kappa shape index (κ3) is 7.81. The molecular formula is C12H18N2O4P2+2. The maximum absolute atomic E-state index is 10.2. The smallest absolute Gasteiger partial charge is 0.348 e. The molecule has 0 aromatic heterocycles. The fraction of sp³-hybridized carbons (Fsp3) is 0. The maximum Gasteiger partial charge on any atom is 0.348 e. The quantitative estimate of drug-likeness (QED) is 0.807. The van der Waals surface area contributed by atoms with Crippen molar-refractivity contribution in [2.45, 2.75) is 0 Å². The van der Waals surface area contributed by atoms with Gasteiger partial charge in [-0.3, -0.25) is 0 Å². The van der Waals surface area contributed by atoms with Gasteiger partial charge in [-0.2, -0.15) is 0 Å². The molecule has 20 heavy (non-hydrogen) atoms. The first-order valence-electron chi connectivity index (χ1n) is 5.00. The van der Waals surface area contributed by atoms with E-state index in [4.69, 9.17) is 0 Å². The van der Waals surface area contributed by atoms with E-state index in [1.54, 1.807) is 60.7 Å². The van der Waals surface area contributed by atoms with Crippen molar-refractivity contribution in [2.75, 3.05) is 0 Å². The normalized spacial score (nSPS) is 9.90. The summed E-state index contributed by atoms with van der Waals surface area (Å²) in [6.07, 6.45) is 0. The summed E-state index contributed by atoms with van der Waals surface area (Å²) in [5, 5.41) is 0.736. The van der Waals surface area contributed by atoms with Crippen molar-refractivity contribution in [2.24, 2.45) is 0 Å². The van der Waals surface area contributed by atoms with Crippen molar-refractivity contribution in [1.29, 1.82) is 0 Å². The highest BCUT2D eigenvalue weighted by Gasteiger charge is 2.02. The molecule has 2 atom stereocenters. The minimum atomic E-state index is -2.40. The molecule has 2 rings (SSSR count). The predicted octanol–water partition coefficient (Wildman–Crippen LogP) is 1.58. The molecule has 8 N–H and O–H groups in total. The van der Waals surface area contributed by atoms with Gasteiger partial charge in [-0.05, 0) is 24.3 Å². The first-order valence-corrected chi connectivity index (χ1v) is 7.35. The lowest BCUT2D eigenvalue weighted by Crippen LogP contribution is -2.02. The van der Waals surface area contributed by atoms with E-state index >= 15 is 0 Å². The van der Waals surface area contributed by atoms with Crippen molar-refractivity contribution < 1.29 is 18.9 Å². The second kappa shape index (κ2) is 11.3. The minimum absolute atomic E-state index is 0. The lowest BCUT2D eigenvalue weighted by atomic mass is 10.4. The molecule has 108 valence electrons. The van der Waals surface area contributed by atoms with Crippen LogP contribution in [-0.4, -0.2) is 0 Å². The Hall–Kier alpha value is -1.52. The van der Waals surface area contributed by atoms with Gasteiger partial charge in [-0.1, -0.05) is 45.5 Å². The fourth-order valence-corrected chi connectivity index (χ4v) is 1.93. The molecule has 0 bridgehead atoms. The summed E-state index contributed by atoms with van der Waals surface area (Å²) < 4.78 is 20.5. The van der Waals surface area contributed by atoms with E-state index in [0.717, 1.165) is 0 Å². The van der Waals surface area contributed by atoms with E-state index in [0.29, 0.717) is 10.6 Å². The van der Waals surface area contributed by atoms with Crippen LogP contribution in [0.25, 0.3) is 0 Å². The molecule has 0 spiro atoms. The molecule has 2 aromatic rings. The van der Waals surface area contributed by atoms with Crippen molar-refractivity contribution in [1.82, 2.24) is 12.3 Å². The van der Waals surface area contributed by atoms with Crippen molar-refractivity contribution in [3.05, 3.63) is 60.7 Å². The maximum atomic E-state index is 10.2. The standard InChI is InChI=1S/2C6H5O2P.2H3N/c2*7-9(8)6-4-2-1-3-5-6;;/h2*1-5H;2*1H3/p+2. The van der Waals surface area contributed by atoms with Gasteiger partial charge in [0.25, 0.3) is 0 Å². The van der Waals surface area contributed by atoms with E-state index in [1.165, 1.54) is 0 Å². The van der Waals surface area contributed by atoms with Crippen LogP contribution in [0.4, 0.5) is 0 Å². The first-order chi connectivity index (χ1) is 8.61. The Morgan fingerprint density at radius 1 is 0.600 bits per heavy atom. The van der Waals surface area contributed by atoms with Crippen LogP contribution in [0.2, 0.25) is 0 Å². The van der Waals surface area contributed by atoms with Crippen LogP contribution in [-0.2, 0) is 9.13 Å². The Morgan fingerprint density at radius 2 is 0.850 bits per heavy atom. The summed E-state index contributed by atoms with van der Waals surface area (Å²) >= 11 is 0. The zero-order valence-corrected chi connectivity index (χ0v) is 13.1. The summed E-state index contributed by atoms with van der Waals surface area (Å²) in [7, 11) is -4.79. The molecule has 0 saturated heterocycles. The minimum Gasteiger partial charge on any atom is -0.591 e. The third-order valence-corrected chi connectivity index (χ3v) is 3.37. The highest BCUT2D eigenvalue weighted by molar-refractivity contribution is 7.46. The van der Waals surface area contributed by atoms with Gasteiger partial charge < -0.3 is 22.1 Å². The molecule has 0 aliphatic rings. The van der Waals surface area contributed by atoms with Gasteiger partial charge in [0, 0.05) is 0 Å². The third-order valence-electron chi connectivity index (χ3n) is 1.93. The Labute approximate surface area is 119 Å². The van der Waals surface area contributed by atoms with Crippen LogP contribution in [0.1, 0.15) is 0 Å². The molecule has 0 aliphatic carbocycles. The van der Waals surface area contributed by atoms with Gasteiger partial charge in [-0.15, -0.1) is 0 Å². The summed E-state index contributed by atoms with van der Waals surface area (Å²) in [6, 6.07) is 16.6. The topological polar surface area (TPSA) is 153 Å². The van der Waals surface area contributed by atoms with E-state index in [1.807, 2.05) is 0 Å². The average molecular weight is 316 g/mol. The summed E-state index contributed by atoms with van der Waals surface area (Å²) in [6.45, 7) is 0. The van der Waals surface area contributed by atoms with Crippen molar-refractivity contribution in [3.8, 4) is 0 Å². The van der Waals surface area contributed by atoms with E-state index < -0.39 is 16.1 Å². The van der Waals surface area contributed by atoms with Crippen LogP contribution in [0.3, 0.4) is 0 Å². The number of rotatable bonds is 2. The van der Waals surface area contributed by atoms with Crippen LogP contribution in [0, 0.1) is 0 Å². The van der Waals surface area contributed by atoms with Crippen molar-refractivity contribution >= 4 is 26.7 Å². The van der Waals surface area contributed by atoms with Gasteiger partial charge in [0.05, 0.1) is 0 Å². The Balaban J connectivity index is 0. The van der Waals surface area contributed by atoms with E-state index in [-0.39, 0.29) is 12.3 Å². The summed E-state index contributed by atoms with van der Waals surface area (Å²) in [4.78, 5) is 20.5. The molecule has 0 radical (unpaired) electrons. The lowest BCUT2D eigenvalue weighted by Gasteiger charge is -1.84. The number of hydrogen-bond donors (Lipinski definition) is 2. The van der Waals surface area contributed by atoms with Gasteiger partial charge in [0.15, 0.2) is 10.6 Å². The monoisotopic (exact) mass is 316 g/mol. The Kier molecular flexibility index (Phi) is 11.8. The van der Waals surface area contributed by atoms with E-state index in [9.17, 15) is 18.9 Å². The molecule has 8 heteroatoms. The van der Waals surface area contributed by atoms with Crippen LogP contribution in [0.5, 0.6) is 0 Å². The fourth-order valence-electron chi connectivity index (χ4n) is 1.10. The summed E-state index contributed by atoms with van der Waals surface area (Å²) in [5.41, 5.74) is 0. The number of quaternary nitrogens is 2. The largest absolute Gasteiger partial charge is 0.591 e. The van der Waals surface area contributed by atoms with Crippen LogP contribution < -0.4 is 32.7 Å².